The molecule has 0 saturated carbocycles. The first-order valence-corrected chi connectivity index (χ1v) is 11.3. The minimum Gasteiger partial charge on any atom is -0.496 e. The lowest BCUT2D eigenvalue weighted by molar-refractivity contribution is -0.131. The molecule has 0 saturated heterocycles. The molecule has 0 fully saturated rings. The van der Waals surface area contributed by atoms with E-state index >= 15 is 0 Å². The first-order valence-electron chi connectivity index (χ1n) is 9.48. The molecule has 3 rings (SSSR count). The zero-order chi connectivity index (χ0) is 21.9. The summed E-state index contributed by atoms with van der Waals surface area (Å²) in [6.07, 6.45) is 1.08. The average molecular weight is 435 g/mol. The number of ether oxygens (including phenoxy) is 3. The van der Waals surface area contributed by atoms with Gasteiger partial charge in [-0.1, -0.05) is 18.2 Å². The summed E-state index contributed by atoms with van der Waals surface area (Å²) in [7, 11) is -0.543. The van der Waals surface area contributed by atoms with Gasteiger partial charge in [0.1, 0.15) is 25.0 Å². The lowest BCUT2D eigenvalue weighted by Gasteiger charge is -2.32. The van der Waals surface area contributed by atoms with E-state index in [2.05, 4.69) is 0 Å². The number of hydrogen-bond acceptors (Lipinski definition) is 6. The largest absolute Gasteiger partial charge is 0.496 e. The summed E-state index contributed by atoms with van der Waals surface area (Å²) in [5, 5.41) is 0. The molecule has 0 spiro atoms. The van der Waals surface area contributed by atoms with Crippen LogP contribution >= 0.6 is 0 Å². The SMILES string of the molecule is COc1ccccc1CN(C)C(=O)C(C)N(c1ccc2c(c1)OCCO2)S(C)(=O)=O. The number of para-hydroxylation sites is 1. The summed E-state index contributed by atoms with van der Waals surface area (Å²) < 4.78 is 42.7. The topological polar surface area (TPSA) is 85.4 Å². The number of amides is 1. The molecule has 0 aromatic heterocycles. The van der Waals surface area contributed by atoms with Gasteiger partial charge in [-0.3, -0.25) is 9.10 Å². The molecule has 1 aliphatic heterocycles. The van der Waals surface area contributed by atoms with Gasteiger partial charge in [-0.05, 0) is 25.1 Å². The lowest BCUT2D eigenvalue weighted by Crippen LogP contribution is -2.48. The molecule has 30 heavy (non-hydrogen) atoms. The van der Waals surface area contributed by atoms with Crippen LogP contribution < -0.4 is 18.5 Å². The van der Waals surface area contributed by atoms with E-state index in [0.717, 1.165) is 16.1 Å². The molecule has 0 radical (unpaired) electrons. The van der Waals surface area contributed by atoms with Crippen LogP contribution in [-0.4, -0.2) is 58.9 Å². The van der Waals surface area contributed by atoms with Gasteiger partial charge < -0.3 is 19.1 Å². The van der Waals surface area contributed by atoms with Crippen LogP contribution in [0.5, 0.6) is 17.2 Å². The highest BCUT2D eigenvalue weighted by molar-refractivity contribution is 7.92. The zero-order valence-corrected chi connectivity index (χ0v) is 18.3. The van der Waals surface area contributed by atoms with Crippen molar-refractivity contribution in [1.82, 2.24) is 4.90 Å². The molecule has 0 aliphatic carbocycles. The zero-order valence-electron chi connectivity index (χ0n) is 17.5. The minimum atomic E-state index is -3.74. The van der Waals surface area contributed by atoms with E-state index in [1.165, 1.54) is 4.90 Å². The number of anilines is 1. The van der Waals surface area contributed by atoms with Crippen molar-refractivity contribution in [3.63, 3.8) is 0 Å². The Hall–Kier alpha value is -2.94. The average Bonchev–Trinajstić information content (AvgIpc) is 2.72. The van der Waals surface area contributed by atoms with Gasteiger partial charge in [0.15, 0.2) is 11.5 Å². The van der Waals surface area contributed by atoms with Gasteiger partial charge in [-0.15, -0.1) is 0 Å². The summed E-state index contributed by atoms with van der Waals surface area (Å²) in [5.74, 6) is 1.32. The molecule has 1 unspecified atom stereocenters. The third-order valence-electron chi connectivity index (χ3n) is 4.82. The lowest BCUT2D eigenvalue weighted by atomic mass is 10.1. The first-order chi connectivity index (χ1) is 14.2. The van der Waals surface area contributed by atoms with Crippen molar-refractivity contribution >= 4 is 21.6 Å². The summed E-state index contributed by atoms with van der Waals surface area (Å²) in [4.78, 5) is 14.6. The van der Waals surface area contributed by atoms with Crippen LogP contribution in [0, 0.1) is 0 Å². The second-order valence-electron chi connectivity index (χ2n) is 7.07. The Kier molecular flexibility index (Phi) is 6.40. The van der Waals surface area contributed by atoms with Crippen molar-refractivity contribution in [3.05, 3.63) is 48.0 Å². The summed E-state index contributed by atoms with van der Waals surface area (Å²) in [6.45, 7) is 2.67. The molecule has 162 valence electrons. The van der Waals surface area contributed by atoms with Crippen LogP contribution in [0.3, 0.4) is 0 Å². The van der Waals surface area contributed by atoms with E-state index in [4.69, 9.17) is 14.2 Å². The number of hydrogen-bond donors (Lipinski definition) is 0. The number of carbonyl (C=O) groups excluding carboxylic acids is 1. The second-order valence-corrected chi connectivity index (χ2v) is 8.93. The Morgan fingerprint density at radius 2 is 1.80 bits per heavy atom. The van der Waals surface area contributed by atoms with Gasteiger partial charge in [-0.25, -0.2) is 8.42 Å². The molecule has 8 nitrogen and oxygen atoms in total. The molecular weight excluding hydrogens is 408 g/mol. The van der Waals surface area contributed by atoms with Crippen LogP contribution in [0.15, 0.2) is 42.5 Å². The molecule has 1 aliphatic rings. The molecular formula is C21H26N2O6S. The molecule has 9 heteroatoms. The fourth-order valence-electron chi connectivity index (χ4n) is 3.46. The van der Waals surface area contributed by atoms with Crippen molar-refractivity contribution in [2.24, 2.45) is 0 Å². The Morgan fingerprint density at radius 1 is 1.13 bits per heavy atom. The highest BCUT2D eigenvalue weighted by Gasteiger charge is 2.32. The number of methoxy groups -OCH3 is 1. The maximum Gasteiger partial charge on any atom is 0.246 e. The molecule has 1 atom stereocenters. The fourth-order valence-corrected chi connectivity index (χ4v) is 4.62. The third-order valence-corrected chi connectivity index (χ3v) is 6.06. The smallest absolute Gasteiger partial charge is 0.246 e. The van der Waals surface area contributed by atoms with Crippen LogP contribution in [0.25, 0.3) is 0 Å². The number of carbonyl (C=O) groups is 1. The molecule has 1 amide bonds. The molecule has 2 aromatic carbocycles. The summed E-state index contributed by atoms with van der Waals surface area (Å²) >= 11 is 0. The summed E-state index contributed by atoms with van der Waals surface area (Å²) in [6, 6.07) is 11.3. The van der Waals surface area contributed by atoms with Crippen molar-refractivity contribution in [3.8, 4) is 17.2 Å². The number of sulfonamides is 1. The van der Waals surface area contributed by atoms with Gasteiger partial charge in [0.05, 0.1) is 19.1 Å². The molecule has 2 aromatic rings. The summed E-state index contributed by atoms with van der Waals surface area (Å²) in [5.41, 5.74) is 1.17. The van der Waals surface area contributed by atoms with E-state index in [1.54, 1.807) is 39.3 Å². The number of fused-ring (bicyclic) bond motifs is 1. The monoisotopic (exact) mass is 434 g/mol. The van der Waals surface area contributed by atoms with Crippen LogP contribution in [0.4, 0.5) is 5.69 Å². The van der Waals surface area contributed by atoms with Crippen molar-refractivity contribution < 1.29 is 27.4 Å². The van der Waals surface area contributed by atoms with Gasteiger partial charge in [0.25, 0.3) is 0 Å². The predicted octanol–water partition coefficient (Wildman–Crippen LogP) is 2.28. The Morgan fingerprint density at radius 3 is 2.47 bits per heavy atom. The van der Waals surface area contributed by atoms with Crippen molar-refractivity contribution in [2.45, 2.75) is 19.5 Å². The Balaban J connectivity index is 1.86. The van der Waals surface area contributed by atoms with Gasteiger partial charge in [0.2, 0.25) is 15.9 Å². The fraction of sp³-hybridized carbons (Fsp3) is 0.381. The second kappa shape index (κ2) is 8.83. The maximum atomic E-state index is 13.1. The van der Waals surface area contributed by atoms with Crippen LogP contribution in [0.1, 0.15) is 12.5 Å². The maximum absolute atomic E-state index is 13.1. The number of likely N-dealkylation sites (N-methyl/N-ethyl adjacent to an activating group) is 1. The van der Waals surface area contributed by atoms with Crippen molar-refractivity contribution in [1.29, 1.82) is 0 Å². The Bertz CT molecular complexity index is 1020. The van der Waals surface area contributed by atoms with Crippen LogP contribution in [-0.2, 0) is 21.4 Å². The van der Waals surface area contributed by atoms with Crippen LogP contribution in [0.2, 0.25) is 0 Å². The van der Waals surface area contributed by atoms with Gasteiger partial charge >= 0.3 is 0 Å². The van der Waals surface area contributed by atoms with Crippen molar-refractivity contribution in [2.75, 3.05) is 37.9 Å². The van der Waals surface area contributed by atoms with E-state index < -0.39 is 16.1 Å². The Labute approximate surface area is 177 Å². The number of rotatable bonds is 7. The molecule has 0 N–H and O–H groups in total. The standard InChI is InChI=1S/C21H26N2O6S/c1-15(21(24)22(2)14-16-7-5-6-8-18(16)27-3)23(30(4,25)26)17-9-10-19-20(13-17)29-12-11-28-19/h5-10,13,15H,11-12,14H2,1-4H3. The highest BCUT2D eigenvalue weighted by atomic mass is 32.2. The number of nitrogens with zero attached hydrogens (tertiary/aromatic N) is 2. The van der Waals surface area contributed by atoms with E-state index in [1.807, 2.05) is 24.3 Å². The predicted molar refractivity (Wildman–Crippen MR) is 114 cm³/mol. The number of benzene rings is 2. The van der Waals surface area contributed by atoms with Gasteiger partial charge in [0, 0.05) is 25.2 Å². The normalized spacial score (nSPS) is 14.0. The first kappa shape index (κ1) is 21.8. The van der Waals surface area contributed by atoms with Gasteiger partial charge in [-0.2, -0.15) is 0 Å². The van der Waals surface area contributed by atoms with E-state index in [0.29, 0.717) is 36.1 Å². The quantitative estimate of drug-likeness (QED) is 0.665. The minimum absolute atomic E-state index is 0.284. The highest BCUT2D eigenvalue weighted by Crippen LogP contribution is 2.35. The molecule has 0 bridgehead atoms. The van der Waals surface area contributed by atoms with E-state index in [-0.39, 0.29) is 12.5 Å². The molecule has 1 heterocycles. The van der Waals surface area contributed by atoms with E-state index in [9.17, 15) is 13.2 Å². The third kappa shape index (κ3) is 4.62.